The highest BCUT2D eigenvalue weighted by molar-refractivity contribution is 5.71. The van der Waals surface area contributed by atoms with Gasteiger partial charge in [0, 0.05) is 12.2 Å². The number of rotatable bonds is 3. The maximum atomic E-state index is 4.64. The van der Waals surface area contributed by atoms with Gasteiger partial charge < -0.3 is 0 Å². The zero-order valence-corrected chi connectivity index (χ0v) is 9.82. The van der Waals surface area contributed by atoms with Gasteiger partial charge in [-0.25, -0.2) is 0 Å². The number of hydrogen-bond acceptors (Lipinski definition) is 1. The lowest BCUT2D eigenvalue weighted by Gasteiger charge is -2.11. The Morgan fingerprint density at radius 3 is 3.06 bits per heavy atom. The molecule has 16 heavy (non-hydrogen) atoms. The normalized spacial score (nSPS) is 16.4. The summed E-state index contributed by atoms with van der Waals surface area (Å²) in [4.78, 5) is 0. The Kier molecular flexibility index (Phi) is 3.40. The van der Waals surface area contributed by atoms with E-state index in [9.17, 15) is 0 Å². The van der Waals surface area contributed by atoms with E-state index in [4.69, 9.17) is 0 Å². The molecule has 1 aromatic heterocycles. The van der Waals surface area contributed by atoms with E-state index in [2.05, 4.69) is 34.6 Å². The predicted octanol–water partition coefficient (Wildman–Crippen LogP) is 3.36. The summed E-state index contributed by atoms with van der Waals surface area (Å²) in [6, 6.07) is 2.21. The van der Waals surface area contributed by atoms with Gasteiger partial charge in [-0.15, -0.1) is 0 Å². The van der Waals surface area contributed by atoms with Gasteiger partial charge in [0.2, 0.25) is 0 Å². The lowest BCUT2D eigenvalue weighted by atomic mass is 10.1. The van der Waals surface area contributed by atoms with E-state index in [1.54, 1.807) is 6.08 Å². The molecule has 84 valence electrons. The van der Waals surface area contributed by atoms with Crippen LogP contribution < -0.4 is 0 Å². The molecule has 0 amide bonds. The third-order valence-electron chi connectivity index (χ3n) is 2.93. The summed E-state index contributed by atoms with van der Waals surface area (Å²) in [5.41, 5.74) is 3.62. The summed E-state index contributed by atoms with van der Waals surface area (Å²) in [6.45, 7) is 6.80. The number of aryl methyl sites for hydroxylation is 2. The smallest absolute Gasteiger partial charge is 0.0922 e. The minimum absolute atomic E-state index is 1.07. The zero-order valence-electron chi connectivity index (χ0n) is 9.82. The van der Waals surface area contributed by atoms with Crippen molar-refractivity contribution < 1.29 is 0 Å². The largest absolute Gasteiger partial charge is 0.269 e. The molecule has 0 aromatic carbocycles. The Labute approximate surface area is 97.0 Å². The van der Waals surface area contributed by atoms with Crippen LogP contribution in [0, 0.1) is 0 Å². The maximum absolute atomic E-state index is 4.64. The Hall–Kier alpha value is -1.57. The van der Waals surface area contributed by atoms with Crippen LogP contribution in [0.5, 0.6) is 0 Å². The average molecular weight is 214 g/mol. The zero-order chi connectivity index (χ0) is 11.4. The highest BCUT2D eigenvalue weighted by atomic mass is 15.3. The molecule has 0 bridgehead atoms. The first-order valence-corrected chi connectivity index (χ1v) is 5.87. The van der Waals surface area contributed by atoms with Gasteiger partial charge in [0.15, 0.2) is 0 Å². The summed E-state index contributed by atoms with van der Waals surface area (Å²) >= 11 is 0. The molecule has 1 aromatic rings. The minimum Gasteiger partial charge on any atom is -0.269 e. The molecule has 0 atom stereocenters. The number of hydrogen-bond donors (Lipinski definition) is 0. The first-order chi connectivity index (χ1) is 7.85. The van der Waals surface area contributed by atoms with Gasteiger partial charge in [-0.3, -0.25) is 4.68 Å². The molecule has 2 nitrogen and oxygen atoms in total. The second kappa shape index (κ2) is 4.97. The van der Waals surface area contributed by atoms with Crippen LogP contribution in [-0.4, -0.2) is 9.78 Å². The van der Waals surface area contributed by atoms with Gasteiger partial charge >= 0.3 is 0 Å². The van der Waals surface area contributed by atoms with E-state index in [0.29, 0.717) is 0 Å². The fourth-order valence-corrected chi connectivity index (χ4v) is 2.06. The summed E-state index contributed by atoms with van der Waals surface area (Å²) < 4.78 is 2.14. The lowest BCUT2D eigenvalue weighted by molar-refractivity contribution is 0.485. The number of fused-ring (bicyclic) bond motifs is 1. The topological polar surface area (TPSA) is 17.8 Å². The maximum Gasteiger partial charge on any atom is 0.0922 e. The monoisotopic (exact) mass is 214 g/mol. The molecule has 2 rings (SSSR count). The van der Waals surface area contributed by atoms with Crippen LogP contribution in [-0.2, 0) is 13.0 Å². The summed E-state index contributed by atoms with van der Waals surface area (Å²) in [5, 5.41) is 4.64. The van der Waals surface area contributed by atoms with E-state index in [1.165, 1.54) is 24.1 Å². The molecular weight excluding hydrogens is 196 g/mol. The molecule has 0 aliphatic carbocycles. The lowest BCUT2D eigenvalue weighted by Crippen LogP contribution is -2.10. The van der Waals surface area contributed by atoms with Crippen molar-refractivity contribution in [3.63, 3.8) is 0 Å². The molecule has 0 spiro atoms. The summed E-state index contributed by atoms with van der Waals surface area (Å²) in [5.74, 6) is 0. The van der Waals surface area contributed by atoms with Crippen molar-refractivity contribution in [1.82, 2.24) is 9.78 Å². The van der Waals surface area contributed by atoms with Gasteiger partial charge in [0.1, 0.15) is 0 Å². The van der Waals surface area contributed by atoms with Crippen molar-refractivity contribution in [2.75, 3.05) is 0 Å². The number of allylic oxidation sites excluding steroid dienone is 5. The van der Waals surface area contributed by atoms with Crippen molar-refractivity contribution in [2.45, 2.75) is 32.7 Å². The Bertz CT molecular complexity index is 412. The summed E-state index contributed by atoms with van der Waals surface area (Å²) in [6.07, 6.45) is 11.6. The minimum atomic E-state index is 1.07. The predicted molar refractivity (Wildman–Crippen MR) is 68.2 cm³/mol. The highest BCUT2D eigenvalue weighted by Crippen LogP contribution is 2.20. The molecule has 0 fully saturated rings. The number of nitrogens with zero attached hydrogens (tertiary/aromatic N) is 2. The van der Waals surface area contributed by atoms with Crippen LogP contribution >= 0.6 is 0 Å². The Balaban J connectivity index is 2.29. The molecule has 0 radical (unpaired) electrons. The fourth-order valence-electron chi connectivity index (χ4n) is 2.06. The molecule has 0 N–H and O–H groups in total. The van der Waals surface area contributed by atoms with Gasteiger partial charge in [-0.2, -0.15) is 5.10 Å². The molecular formula is C14H18N2. The third kappa shape index (κ3) is 2.16. The van der Waals surface area contributed by atoms with Crippen molar-refractivity contribution in [1.29, 1.82) is 0 Å². The molecule has 2 heterocycles. The fraction of sp³-hybridized carbons (Fsp3) is 0.357. The van der Waals surface area contributed by atoms with Gasteiger partial charge in [0.05, 0.1) is 5.69 Å². The van der Waals surface area contributed by atoms with Crippen molar-refractivity contribution >= 4 is 5.57 Å². The van der Waals surface area contributed by atoms with E-state index < -0.39 is 0 Å². The van der Waals surface area contributed by atoms with Crippen LogP contribution in [0.15, 0.2) is 36.9 Å². The summed E-state index contributed by atoms with van der Waals surface area (Å²) in [7, 11) is 0. The van der Waals surface area contributed by atoms with Crippen molar-refractivity contribution in [3.05, 3.63) is 48.3 Å². The van der Waals surface area contributed by atoms with E-state index in [-0.39, 0.29) is 0 Å². The van der Waals surface area contributed by atoms with Gasteiger partial charge in [-0.1, -0.05) is 30.9 Å². The van der Waals surface area contributed by atoms with Crippen LogP contribution in [0.4, 0.5) is 0 Å². The Morgan fingerprint density at radius 2 is 2.38 bits per heavy atom. The van der Waals surface area contributed by atoms with Crippen molar-refractivity contribution in [3.8, 4) is 0 Å². The first-order valence-electron chi connectivity index (χ1n) is 5.87. The van der Waals surface area contributed by atoms with Crippen LogP contribution in [0.25, 0.3) is 5.57 Å². The molecule has 0 saturated carbocycles. The average Bonchev–Trinajstić information content (AvgIpc) is 2.73. The van der Waals surface area contributed by atoms with Crippen LogP contribution in [0.3, 0.4) is 0 Å². The van der Waals surface area contributed by atoms with Gasteiger partial charge in [-0.05, 0) is 37.8 Å². The molecule has 0 saturated heterocycles. The van der Waals surface area contributed by atoms with E-state index in [0.717, 1.165) is 18.7 Å². The quantitative estimate of drug-likeness (QED) is 0.705. The second-order valence-electron chi connectivity index (χ2n) is 4.04. The molecule has 2 heteroatoms. The molecule has 1 aliphatic rings. The first kappa shape index (κ1) is 10.9. The van der Waals surface area contributed by atoms with E-state index in [1.807, 2.05) is 13.0 Å². The second-order valence-corrected chi connectivity index (χ2v) is 4.04. The standard InChI is InChI=1S/C14H18N2/c1-3-5-8-12(4-2)14-11-13-9-6-7-10-16(13)15-14/h3-5,8,11H,1,6-7,9-10H2,2H3/b8-5-,12-4+. The van der Waals surface area contributed by atoms with Crippen LogP contribution in [0.1, 0.15) is 31.2 Å². The van der Waals surface area contributed by atoms with Crippen molar-refractivity contribution in [2.24, 2.45) is 0 Å². The third-order valence-corrected chi connectivity index (χ3v) is 2.93. The number of aromatic nitrogens is 2. The Morgan fingerprint density at radius 1 is 1.50 bits per heavy atom. The molecule has 1 aliphatic heterocycles. The van der Waals surface area contributed by atoms with Crippen LogP contribution in [0.2, 0.25) is 0 Å². The highest BCUT2D eigenvalue weighted by Gasteiger charge is 2.12. The van der Waals surface area contributed by atoms with Gasteiger partial charge in [0.25, 0.3) is 0 Å². The van der Waals surface area contributed by atoms with E-state index >= 15 is 0 Å². The SMILES string of the molecule is C=C/C=C\C(=C/C)c1cc2n(n1)CCCC2. The molecule has 0 unspecified atom stereocenters.